The van der Waals surface area contributed by atoms with Crippen molar-refractivity contribution in [2.24, 2.45) is 5.92 Å². The predicted molar refractivity (Wildman–Crippen MR) is 64.2 cm³/mol. The highest BCUT2D eigenvalue weighted by atomic mass is 19.1. The maximum absolute atomic E-state index is 13.2. The van der Waals surface area contributed by atoms with Crippen molar-refractivity contribution >= 4 is 0 Å². The number of nitrogens with zero attached hydrogens (tertiary/aromatic N) is 1. The summed E-state index contributed by atoms with van der Waals surface area (Å²) in [5.74, 6) is 0.134. The largest absolute Gasteiger partial charge is 0.381 e. The number of rotatable bonds is 4. The average molecular weight is 238 g/mol. The predicted octanol–water partition coefficient (Wildman–Crippen LogP) is 2.30. The summed E-state index contributed by atoms with van der Waals surface area (Å²) in [6.45, 7) is 4.51. The van der Waals surface area contributed by atoms with E-state index in [0.29, 0.717) is 5.92 Å². The molecule has 1 saturated heterocycles. The monoisotopic (exact) mass is 238 g/mol. The van der Waals surface area contributed by atoms with Crippen molar-refractivity contribution in [3.63, 3.8) is 0 Å². The Hall–Kier alpha value is -1.00. The molecule has 3 nitrogen and oxygen atoms in total. The number of nitrogens with one attached hydrogen (secondary N) is 1. The van der Waals surface area contributed by atoms with Crippen molar-refractivity contribution in [3.05, 3.63) is 29.8 Å². The van der Waals surface area contributed by atoms with Gasteiger partial charge in [-0.3, -0.25) is 4.98 Å². The first-order chi connectivity index (χ1) is 8.31. The fourth-order valence-corrected chi connectivity index (χ4v) is 2.40. The third-order valence-electron chi connectivity index (χ3n) is 3.18. The van der Waals surface area contributed by atoms with Gasteiger partial charge in [-0.05, 0) is 31.0 Å². The Labute approximate surface area is 101 Å². The summed E-state index contributed by atoms with van der Waals surface area (Å²) >= 11 is 0. The van der Waals surface area contributed by atoms with Gasteiger partial charge in [-0.15, -0.1) is 0 Å². The molecule has 0 spiro atoms. The number of pyridine rings is 1. The van der Waals surface area contributed by atoms with Crippen LogP contribution in [0, 0.1) is 11.7 Å². The first-order valence-corrected chi connectivity index (χ1v) is 6.23. The highest BCUT2D eigenvalue weighted by Gasteiger charge is 2.25. The van der Waals surface area contributed by atoms with E-state index in [0.717, 1.165) is 38.2 Å². The number of ether oxygens (including phenoxy) is 1. The molecule has 1 aliphatic rings. The number of aromatic nitrogens is 1. The van der Waals surface area contributed by atoms with Gasteiger partial charge in [-0.2, -0.15) is 0 Å². The first-order valence-electron chi connectivity index (χ1n) is 6.23. The van der Waals surface area contributed by atoms with E-state index < -0.39 is 0 Å². The van der Waals surface area contributed by atoms with Crippen molar-refractivity contribution in [2.75, 3.05) is 19.8 Å². The standard InChI is InChI=1S/C13H19FN2O/c1-2-16-13(10-4-3-5-17-9-10)11-6-12(14)8-15-7-11/h6-8,10,13,16H,2-5,9H2,1H3. The number of hydrogen-bond donors (Lipinski definition) is 1. The van der Waals surface area contributed by atoms with Crippen LogP contribution >= 0.6 is 0 Å². The summed E-state index contributed by atoms with van der Waals surface area (Å²) < 4.78 is 18.7. The first kappa shape index (κ1) is 12.5. The summed E-state index contributed by atoms with van der Waals surface area (Å²) in [4.78, 5) is 3.93. The van der Waals surface area contributed by atoms with Crippen LogP contribution in [0.4, 0.5) is 4.39 Å². The zero-order chi connectivity index (χ0) is 12.1. The fraction of sp³-hybridized carbons (Fsp3) is 0.615. The topological polar surface area (TPSA) is 34.2 Å². The van der Waals surface area contributed by atoms with Gasteiger partial charge in [0, 0.05) is 24.8 Å². The van der Waals surface area contributed by atoms with Crippen LogP contribution in [0.5, 0.6) is 0 Å². The second kappa shape index (κ2) is 6.07. The van der Waals surface area contributed by atoms with Crippen LogP contribution in [0.2, 0.25) is 0 Å². The Morgan fingerprint density at radius 3 is 3.12 bits per heavy atom. The van der Waals surface area contributed by atoms with Gasteiger partial charge in [0.25, 0.3) is 0 Å². The molecule has 2 heterocycles. The molecule has 2 rings (SSSR count). The molecule has 0 amide bonds. The van der Waals surface area contributed by atoms with Crippen LogP contribution in [-0.4, -0.2) is 24.7 Å². The molecule has 1 aromatic heterocycles. The molecule has 0 aromatic carbocycles. The molecular formula is C13H19FN2O. The van der Waals surface area contributed by atoms with Gasteiger partial charge in [0.15, 0.2) is 0 Å². The molecule has 1 N–H and O–H groups in total. The molecule has 0 bridgehead atoms. The van der Waals surface area contributed by atoms with Crippen LogP contribution in [0.25, 0.3) is 0 Å². The zero-order valence-electron chi connectivity index (χ0n) is 10.2. The lowest BCUT2D eigenvalue weighted by atomic mass is 9.89. The molecule has 0 aliphatic carbocycles. The van der Waals surface area contributed by atoms with E-state index >= 15 is 0 Å². The summed E-state index contributed by atoms with van der Waals surface area (Å²) in [6.07, 6.45) is 5.18. The highest BCUT2D eigenvalue weighted by molar-refractivity contribution is 5.16. The van der Waals surface area contributed by atoms with E-state index in [1.807, 2.05) is 0 Å². The Bertz CT molecular complexity index is 353. The zero-order valence-corrected chi connectivity index (χ0v) is 10.2. The van der Waals surface area contributed by atoms with Crippen molar-refractivity contribution in [3.8, 4) is 0 Å². The van der Waals surface area contributed by atoms with Crippen LogP contribution in [-0.2, 0) is 4.74 Å². The molecule has 0 radical (unpaired) electrons. The van der Waals surface area contributed by atoms with Crippen molar-refractivity contribution in [1.29, 1.82) is 0 Å². The second-order valence-corrected chi connectivity index (χ2v) is 4.45. The number of halogens is 1. The minimum Gasteiger partial charge on any atom is -0.381 e. The summed E-state index contributed by atoms with van der Waals surface area (Å²) in [6, 6.07) is 1.71. The van der Waals surface area contributed by atoms with E-state index in [1.165, 1.54) is 6.20 Å². The maximum atomic E-state index is 13.2. The van der Waals surface area contributed by atoms with Crippen LogP contribution in [0.15, 0.2) is 18.5 Å². The summed E-state index contributed by atoms with van der Waals surface area (Å²) in [7, 11) is 0. The molecule has 1 aromatic rings. The van der Waals surface area contributed by atoms with Crippen LogP contribution in [0.3, 0.4) is 0 Å². The SMILES string of the molecule is CCNC(c1cncc(F)c1)C1CCCOC1. The Morgan fingerprint density at radius 2 is 2.47 bits per heavy atom. The molecule has 94 valence electrons. The third-order valence-corrected chi connectivity index (χ3v) is 3.18. The lowest BCUT2D eigenvalue weighted by molar-refractivity contribution is 0.0392. The van der Waals surface area contributed by atoms with Gasteiger partial charge in [0.05, 0.1) is 12.8 Å². The van der Waals surface area contributed by atoms with Crippen molar-refractivity contribution < 1.29 is 9.13 Å². The normalized spacial score (nSPS) is 22.4. The minimum absolute atomic E-state index is 0.142. The van der Waals surface area contributed by atoms with Gasteiger partial charge >= 0.3 is 0 Å². The molecule has 4 heteroatoms. The van der Waals surface area contributed by atoms with E-state index in [9.17, 15) is 4.39 Å². The van der Waals surface area contributed by atoms with Crippen LogP contribution in [0.1, 0.15) is 31.4 Å². The van der Waals surface area contributed by atoms with Gasteiger partial charge in [-0.25, -0.2) is 4.39 Å². The van der Waals surface area contributed by atoms with Crippen molar-refractivity contribution in [2.45, 2.75) is 25.8 Å². The molecule has 2 unspecified atom stereocenters. The average Bonchev–Trinajstić information content (AvgIpc) is 2.37. The van der Waals surface area contributed by atoms with Crippen LogP contribution < -0.4 is 5.32 Å². The molecule has 1 aliphatic heterocycles. The molecule has 17 heavy (non-hydrogen) atoms. The smallest absolute Gasteiger partial charge is 0.141 e. The van der Waals surface area contributed by atoms with Gasteiger partial charge in [0.2, 0.25) is 0 Å². The Morgan fingerprint density at radius 1 is 1.59 bits per heavy atom. The fourth-order valence-electron chi connectivity index (χ4n) is 2.40. The molecular weight excluding hydrogens is 219 g/mol. The summed E-state index contributed by atoms with van der Waals surface area (Å²) in [5, 5.41) is 3.41. The third kappa shape index (κ3) is 3.23. The van der Waals surface area contributed by atoms with E-state index in [1.54, 1.807) is 12.3 Å². The second-order valence-electron chi connectivity index (χ2n) is 4.45. The lowest BCUT2D eigenvalue weighted by Crippen LogP contribution is -2.33. The van der Waals surface area contributed by atoms with Gasteiger partial charge in [0.1, 0.15) is 5.82 Å². The van der Waals surface area contributed by atoms with E-state index in [4.69, 9.17) is 4.74 Å². The van der Waals surface area contributed by atoms with Crippen molar-refractivity contribution in [1.82, 2.24) is 10.3 Å². The quantitative estimate of drug-likeness (QED) is 0.874. The lowest BCUT2D eigenvalue weighted by Gasteiger charge is -2.31. The van der Waals surface area contributed by atoms with Gasteiger partial charge in [-0.1, -0.05) is 6.92 Å². The highest BCUT2D eigenvalue weighted by Crippen LogP contribution is 2.28. The van der Waals surface area contributed by atoms with Gasteiger partial charge < -0.3 is 10.1 Å². The van der Waals surface area contributed by atoms with E-state index in [-0.39, 0.29) is 11.9 Å². The molecule has 2 atom stereocenters. The number of hydrogen-bond acceptors (Lipinski definition) is 3. The Balaban J connectivity index is 2.15. The minimum atomic E-state index is -0.276. The Kier molecular flexibility index (Phi) is 4.45. The molecule has 0 saturated carbocycles. The maximum Gasteiger partial charge on any atom is 0.141 e. The molecule has 1 fully saturated rings. The van der Waals surface area contributed by atoms with E-state index in [2.05, 4.69) is 17.2 Å². The summed E-state index contributed by atoms with van der Waals surface area (Å²) in [5.41, 5.74) is 0.919.